The summed E-state index contributed by atoms with van der Waals surface area (Å²) in [6.45, 7) is 1.35. The Labute approximate surface area is 196 Å². The van der Waals surface area contributed by atoms with E-state index in [4.69, 9.17) is 19.2 Å². The Bertz CT molecular complexity index is 1180. The van der Waals surface area contributed by atoms with Crippen molar-refractivity contribution in [2.75, 3.05) is 27.6 Å². The van der Waals surface area contributed by atoms with E-state index in [0.29, 0.717) is 30.3 Å². The van der Waals surface area contributed by atoms with Crippen LogP contribution in [0.5, 0.6) is 17.2 Å². The highest BCUT2D eigenvalue weighted by Gasteiger charge is 2.14. The topological polar surface area (TPSA) is 52.6 Å². The predicted octanol–water partition coefficient (Wildman–Crippen LogP) is 6.00. The summed E-state index contributed by atoms with van der Waals surface area (Å²) in [7, 11) is 4.87. The number of hydrogen-bond donors (Lipinski definition) is 1. The van der Waals surface area contributed by atoms with Crippen LogP contribution < -0.4 is 19.5 Å². The van der Waals surface area contributed by atoms with Gasteiger partial charge < -0.3 is 19.5 Å². The summed E-state index contributed by atoms with van der Waals surface area (Å²) in [6.07, 6.45) is 2.09. The van der Waals surface area contributed by atoms with E-state index in [1.807, 2.05) is 12.1 Å². The van der Waals surface area contributed by atoms with Crippen LogP contribution in [0.2, 0.25) is 0 Å². The van der Waals surface area contributed by atoms with E-state index in [0.717, 1.165) is 22.2 Å². The van der Waals surface area contributed by atoms with Crippen LogP contribution in [0.4, 0.5) is 0 Å². The number of thioether (sulfide) groups is 1. The highest BCUT2D eigenvalue weighted by Crippen LogP contribution is 2.38. The molecule has 0 aliphatic rings. The normalized spacial score (nSPS) is 11.0. The number of nitrogens with zero attached hydrogens (tertiary/aromatic N) is 1. The number of nitrogens with one attached hydrogen (secondary N) is 1. The summed E-state index contributed by atoms with van der Waals surface area (Å²) >= 11 is 3.44. The van der Waals surface area contributed by atoms with Crippen molar-refractivity contribution in [1.82, 2.24) is 10.3 Å². The van der Waals surface area contributed by atoms with Gasteiger partial charge in [-0.15, -0.1) is 23.1 Å². The van der Waals surface area contributed by atoms with Crippen LogP contribution in [0.15, 0.2) is 58.8 Å². The van der Waals surface area contributed by atoms with Gasteiger partial charge in [0, 0.05) is 23.4 Å². The minimum absolute atomic E-state index is 0.599. The first-order chi connectivity index (χ1) is 15.7. The molecule has 7 heteroatoms. The lowest BCUT2D eigenvalue weighted by atomic mass is 10.1. The Hall–Kier alpha value is -2.74. The predicted molar refractivity (Wildman–Crippen MR) is 133 cm³/mol. The van der Waals surface area contributed by atoms with Crippen molar-refractivity contribution >= 4 is 34.0 Å². The molecular weight excluding hydrogens is 440 g/mol. The number of hydrogen-bond acceptors (Lipinski definition) is 7. The number of pyridine rings is 1. The Balaban J connectivity index is 1.61. The monoisotopic (exact) mass is 466 g/mol. The standard InChI is InChI=1S/C25H26N2O3S2/c1-28-21-10-16(11-22(29-2)25(21)30-3)14-26-15-18-12-17-7-8-19(31-4)13-20(17)27-24(18)23-6-5-9-32-23/h5-13,26H,14-15H2,1-4H3. The number of rotatable bonds is 9. The van der Waals surface area contributed by atoms with Gasteiger partial charge in [-0.3, -0.25) is 0 Å². The average molecular weight is 467 g/mol. The molecule has 0 bridgehead atoms. The number of fused-ring (bicyclic) bond motifs is 1. The van der Waals surface area contributed by atoms with Gasteiger partial charge in [0.2, 0.25) is 5.75 Å². The molecule has 0 aliphatic heterocycles. The number of benzene rings is 2. The number of aromatic nitrogens is 1. The zero-order valence-electron chi connectivity index (χ0n) is 18.6. The van der Waals surface area contributed by atoms with Crippen molar-refractivity contribution in [2.45, 2.75) is 18.0 Å². The second-order valence-electron chi connectivity index (χ2n) is 7.17. The number of thiophene rings is 1. The van der Waals surface area contributed by atoms with Crippen LogP contribution in [-0.4, -0.2) is 32.6 Å². The molecule has 1 N–H and O–H groups in total. The Morgan fingerprint density at radius 3 is 2.34 bits per heavy atom. The molecule has 0 amide bonds. The molecular formula is C25H26N2O3S2. The fourth-order valence-corrected chi connectivity index (χ4v) is 4.84. The van der Waals surface area contributed by atoms with Crippen LogP contribution in [0.25, 0.3) is 21.5 Å². The third kappa shape index (κ3) is 4.70. The van der Waals surface area contributed by atoms with Crippen molar-refractivity contribution in [3.05, 3.63) is 65.0 Å². The minimum atomic E-state index is 0.599. The molecule has 0 radical (unpaired) electrons. The van der Waals surface area contributed by atoms with Crippen LogP contribution in [0.3, 0.4) is 0 Å². The average Bonchev–Trinajstić information content (AvgIpc) is 3.37. The van der Waals surface area contributed by atoms with Gasteiger partial charge in [0.05, 0.1) is 37.4 Å². The molecule has 0 saturated carbocycles. The van der Waals surface area contributed by atoms with Gasteiger partial charge in [0.1, 0.15) is 0 Å². The van der Waals surface area contributed by atoms with Crippen molar-refractivity contribution in [3.63, 3.8) is 0 Å². The molecule has 0 spiro atoms. The molecule has 166 valence electrons. The lowest BCUT2D eigenvalue weighted by molar-refractivity contribution is 0.323. The van der Waals surface area contributed by atoms with Gasteiger partial charge in [0.25, 0.3) is 0 Å². The Kier molecular flexibility index (Phi) is 7.19. The van der Waals surface area contributed by atoms with Crippen LogP contribution in [0.1, 0.15) is 11.1 Å². The zero-order valence-corrected chi connectivity index (χ0v) is 20.2. The van der Waals surface area contributed by atoms with Crippen LogP contribution in [-0.2, 0) is 13.1 Å². The molecule has 2 aromatic heterocycles. The first kappa shape index (κ1) is 22.5. The van der Waals surface area contributed by atoms with E-state index < -0.39 is 0 Å². The fraction of sp³-hybridized carbons (Fsp3) is 0.240. The lowest BCUT2D eigenvalue weighted by Gasteiger charge is -2.15. The summed E-state index contributed by atoms with van der Waals surface area (Å²) < 4.78 is 16.4. The maximum atomic E-state index is 5.48. The molecule has 5 nitrogen and oxygen atoms in total. The van der Waals surface area contributed by atoms with E-state index in [2.05, 4.69) is 53.4 Å². The molecule has 4 rings (SSSR count). The molecule has 0 aliphatic carbocycles. The van der Waals surface area contributed by atoms with Crippen LogP contribution >= 0.6 is 23.1 Å². The second kappa shape index (κ2) is 10.3. The molecule has 0 fully saturated rings. The first-order valence-electron chi connectivity index (χ1n) is 10.2. The molecule has 4 aromatic rings. The Morgan fingerprint density at radius 2 is 1.72 bits per heavy atom. The van der Waals surface area contributed by atoms with Gasteiger partial charge in [-0.05, 0) is 59.2 Å². The van der Waals surface area contributed by atoms with Gasteiger partial charge >= 0.3 is 0 Å². The Morgan fingerprint density at radius 1 is 0.938 bits per heavy atom. The highest BCUT2D eigenvalue weighted by molar-refractivity contribution is 7.98. The van der Waals surface area contributed by atoms with Crippen molar-refractivity contribution in [1.29, 1.82) is 0 Å². The summed E-state index contributed by atoms with van der Waals surface area (Å²) in [4.78, 5) is 7.42. The second-order valence-corrected chi connectivity index (χ2v) is 9.00. The third-order valence-corrected chi connectivity index (χ3v) is 6.83. The van der Waals surface area contributed by atoms with E-state index >= 15 is 0 Å². The largest absolute Gasteiger partial charge is 0.493 e. The molecule has 2 aromatic carbocycles. The maximum Gasteiger partial charge on any atom is 0.203 e. The molecule has 2 heterocycles. The zero-order chi connectivity index (χ0) is 22.5. The molecule has 0 saturated heterocycles. The summed E-state index contributed by atoms with van der Waals surface area (Å²) in [5, 5.41) is 6.79. The lowest BCUT2D eigenvalue weighted by Crippen LogP contribution is -2.14. The van der Waals surface area contributed by atoms with E-state index in [1.165, 1.54) is 15.3 Å². The van der Waals surface area contributed by atoms with Crippen LogP contribution in [0, 0.1) is 0 Å². The minimum Gasteiger partial charge on any atom is -0.493 e. The first-order valence-corrected chi connectivity index (χ1v) is 12.3. The van der Waals surface area contributed by atoms with Gasteiger partial charge in [0.15, 0.2) is 11.5 Å². The van der Waals surface area contributed by atoms with Gasteiger partial charge in [-0.2, -0.15) is 0 Å². The molecule has 32 heavy (non-hydrogen) atoms. The maximum absolute atomic E-state index is 5.48. The SMILES string of the molecule is COc1cc(CNCc2cc3ccc(SC)cc3nc2-c2cccs2)cc(OC)c1OC. The summed E-state index contributed by atoms with van der Waals surface area (Å²) in [6, 6.07) is 16.8. The molecule has 0 unspecified atom stereocenters. The third-order valence-electron chi connectivity index (χ3n) is 5.23. The number of methoxy groups -OCH3 is 3. The smallest absolute Gasteiger partial charge is 0.203 e. The van der Waals surface area contributed by atoms with Gasteiger partial charge in [-0.1, -0.05) is 12.1 Å². The fourth-order valence-electron chi connectivity index (χ4n) is 3.66. The summed E-state index contributed by atoms with van der Waals surface area (Å²) in [5.41, 5.74) is 4.27. The van der Waals surface area contributed by atoms with E-state index in [-0.39, 0.29) is 0 Å². The summed E-state index contributed by atoms with van der Waals surface area (Å²) in [5.74, 6) is 1.90. The van der Waals surface area contributed by atoms with Crippen molar-refractivity contribution in [3.8, 4) is 27.8 Å². The van der Waals surface area contributed by atoms with Crippen molar-refractivity contribution in [2.24, 2.45) is 0 Å². The van der Waals surface area contributed by atoms with E-state index in [1.54, 1.807) is 44.4 Å². The highest BCUT2D eigenvalue weighted by atomic mass is 32.2. The van der Waals surface area contributed by atoms with Crippen molar-refractivity contribution < 1.29 is 14.2 Å². The van der Waals surface area contributed by atoms with Gasteiger partial charge in [-0.25, -0.2) is 4.98 Å². The molecule has 0 atom stereocenters. The van der Waals surface area contributed by atoms with E-state index in [9.17, 15) is 0 Å². The number of ether oxygens (including phenoxy) is 3. The quantitative estimate of drug-likeness (QED) is 0.305.